The molecule has 1 unspecified atom stereocenters. The molecule has 1 aromatic rings. The number of nitrogens with one attached hydrogen (secondary N) is 2. The highest BCUT2D eigenvalue weighted by molar-refractivity contribution is 5.81. The molecule has 76 valence electrons. The van der Waals surface area contributed by atoms with Crippen LogP contribution >= 0.6 is 0 Å². The topological polar surface area (TPSA) is 83.6 Å². The van der Waals surface area contributed by atoms with E-state index in [0.717, 1.165) is 19.3 Å². The zero-order chi connectivity index (χ0) is 9.97. The molecule has 0 aromatic carbocycles. The molecule has 1 amide bonds. The van der Waals surface area contributed by atoms with Crippen molar-refractivity contribution in [2.45, 2.75) is 32.2 Å². The Morgan fingerprint density at radius 1 is 1.71 bits per heavy atom. The summed E-state index contributed by atoms with van der Waals surface area (Å²) in [6.07, 6.45) is 2.79. The highest BCUT2D eigenvalue weighted by Gasteiger charge is 2.31. The lowest BCUT2D eigenvalue weighted by atomic mass is 10.2. The Morgan fingerprint density at radius 2 is 2.50 bits per heavy atom. The van der Waals surface area contributed by atoms with Crippen molar-refractivity contribution < 1.29 is 4.79 Å². The number of tetrazole rings is 1. The van der Waals surface area contributed by atoms with Gasteiger partial charge in [0.05, 0.1) is 6.04 Å². The Labute approximate surface area is 81.5 Å². The molecule has 6 nitrogen and oxygen atoms in total. The van der Waals surface area contributed by atoms with E-state index >= 15 is 0 Å². The third-order valence-electron chi connectivity index (χ3n) is 2.35. The Balaban J connectivity index is 1.96. The molecule has 0 bridgehead atoms. The van der Waals surface area contributed by atoms with Crippen molar-refractivity contribution in [1.82, 2.24) is 25.9 Å². The van der Waals surface area contributed by atoms with Crippen LogP contribution in [0.2, 0.25) is 0 Å². The van der Waals surface area contributed by atoms with Gasteiger partial charge < -0.3 is 5.32 Å². The molecule has 1 atom stereocenters. The minimum Gasteiger partial charge on any atom is -0.346 e. The first kappa shape index (κ1) is 9.11. The van der Waals surface area contributed by atoms with E-state index in [0.29, 0.717) is 5.82 Å². The lowest BCUT2D eigenvalue weighted by molar-refractivity contribution is -0.123. The second kappa shape index (κ2) is 3.73. The van der Waals surface area contributed by atoms with Crippen LogP contribution in [0.25, 0.3) is 0 Å². The Hall–Kier alpha value is -1.46. The third-order valence-corrected chi connectivity index (χ3v) is 2.35. The maximum Gasteiger partial charge on any atom is 0.223 e. The van der Waals surface area contributed by atoms with E-state index in [-0.39, 0.29) is 17.9 Å². The van der Waals surface area contributed by atoms with Crippen LogP contribution in [0, 0.1) is 5.92 Å². The normalized spacial score (nSPS) is 17.8. The quantitative estimate of drug-likeness (QED) is 0.717. The van der Waals surface area contributed by atoms with Crippen LogP contribution in [0.3, 0.4) is 0 Å². The van der Waals surface area contributed by atoms with Gasteiger partial charge in [-0.1, -0.05) is 12.1 Å². The Bertz CT molecular complexity index is 306. The van der Waals surface area contributed by atoms with Crippen molar-refractivity contribution in [3.8, 4) is 0 Å². The van der Waals surface area contributed by atoms with E-state index in [1.165, 1.54) is 0 Å². The monoisotopic (exact) mass is 195 g/mol. The highest BCUT2D eigenvalue weighted by Crippen LogP contribution is 2.29. The second-order valence-corrected chi connectivity index (χ2v) is 3.51. The first-order chi connectivity index (χ1) is 6.81. The fourth-order valence-corrected chi connectivity index (χ4v) is 1.30. The standard InChI is InChI=1S/C8H13N5O/c1-2-6(7-10-12-13-11-7)9-8(14)5-3-4-5/h5-6H,2-4H2,1H3,(H,9,14)(H,10,11,12,13). The van der Waals surface area contributed by atoms with Crippen LogP contribution in [0.5, 0.6) is 0 Å². The summed E-state index contributed by atoms with van der Waals surface area (Å²) in [5.41, 5.74) is 0. The number of carbonyl (C=O) groups excluding carboxylic acids is 1. The number of aromatic amines is 1. The van der Waals surface area contributed by atoms with Gasteiger partial charge in [0.25, 0.3) is 0 Å². The van der Waals surface area contributed by atoms with Gasteiger partial charge in [-0.3, -0.25) is 4.79 Å². The molecule has 0 spiro atoms. The van der Waals surface area contributed by atoms with Gasteiger partial charge >= 0.3 is 0 Å². The Morgan fingerprint density at radius 3 is 3.00 bits per heavy atom. The predicted octanol–water partition coefficient (Wildman–Crippen LogP) is 0.177. The van der Waals surface area contributed by atoms with Crippen LogP contribution in [0.15, 0.2) is 0 Å². The number of rotatable bonds is 4. The maximum absolute atomic E-state index is 11.5. The van der Waals surface area contributed by atoms with Crippen LogP contribution in [-0.2, 0) is 4.79 Å². The molecule has 14 heavy (non-hydrogen) atoms. The largest absolute Gasteiger partial charge is 0.346 e. The fourth-order valence-electron chi connectivity index (χ4n) is 1.30. The van der Waals surface area contributed by atoms with E-state index in [1.807, 2.05) is 6.92 Å². The number of hydrogen-bond acceptors (Lipinski definition) is 4. The molecule has 1 aliphatic carbocycles. The number of hydrogen-bond donors (Lipinski definition) is 2. The average molecular weight is 195 g/mol. The van der Waals surface area contributed by atoms with Crippen LogP contribution in [0.4, 0.5) is 0 Å². The molecule has 2 N–H and O–H groups in total. The minimum absolute atomic E-state index is 0.109. The summed E-state index contributed by atoms with van der Waals surface area (Å²) in [4.78, 5) is 11.5. The van der Waals surface area contributed by atoms with Crippen LogP contribution in [0.1, 0.15) is 38.1 Å². The summed E-state index contributed by atoms with van der Waals surface area (Å²) in [7, 11) is 0. The molecule has 1 saturated carbocycles. The van der Waals surface area contributed by atoms with Gasteiger partial charge in [-0.25, -0.2) is 0 Å². The summed E-state index contributed by atoms with van der Waals surface area (Å²) in [6, 6.07) is -0.109. The van der Waals surface area contributed by atoms with Gasteiger partial charge in [0.1, 0.15) is 0 Å². The van der Waals surface area contributed by atoms with E-state index in [2.05, 4.69) is 25.9 Å². The molecule has 1 aromatic heterocycles. The lowest BCUT2D eigenvalue weighted by Gasteiger charge is -2.12. The highest BCUT2D eigenvalue weighted by atomic mass is 16.2. The third kappa shape index (κ3) is 1.89. The number of aromatic nitrogens is 4. The molecule has 0 aliphatic heterocycles. The SMILES string of the molecule is CCC(NC(=O)C1CC1)c1nn[nH]n1. The average Bonchev–Trinajstić information content (AvgIpc) is 2.91. The van der Waals surface area contributed by atoms with Gasteiger partial charge in [0, 0.05) is 5.92 Å². The molecule has 1 heterocycles. The first-order valence-electron chi connectivity index (χ1n) is 4.85. The van der Waals surface area contributed by atoms with Gasteiger partial charge in [-0.05, 0) is 19.3 Å². The Kier molecular flexibility index (Phi) is 2.43. The number of nitrogens with zero attached hydrogens (tertiary/aromatic N) is 3. The summed E-state index contributed by atoms with van der Waals surface area (Å²) in [5, 5.41) is 16.5. The molecule has 0 saturated heterocycles. The fraction of sp³-hybridized carbons (Fsp3) is 0.750. The van der Waals surface area contributed by atoms with E-state index in [4.69, 9.17) is 0 Å². The molecule has 0 radical (unpaired) electrons. The van der Waals surface area contributed by atoms with Crippen LogP contribution in [-0.4, -0.2) is 26.5 Å². The van der Waals surface area contributed by atoms with Crippen molar-refractivity contribution in [3.05, 3.63) is 5.82 Å². The molecule has 1 aliphatic rings. The van der Waals surface area contributed by atoms with E-state index in [1.54, 1.807) is 0 Å². The predicted molar refractivity (Wildman–Crippen MR) is 48.1 cm³/mol. The van der Waals surface area contributed by atoms with Gasteiger partial charge in [-0.2, -0.15) is 5.21 Å². The first-order valence-corrected chi connectivity index (χ1v) is 4.85. The maximum atomic E-state index is 11.5. The van der Waals surface area contributed by atoms with Gasteiger partial charge in [-0.15, -0.1) is 10.2 Å². The van der Waals surface area contributed by atoms with Crippen molar-refractivity contribution in [3.63, 3.8) is 0 Å². The number of H-pyrrole nitrogens is 1. The van der Waals surface area contributed by atoms with Gasteiger partial charge in [0.2, 0.25) is 5.91 Å². The van der Waals surface area contributed by atoms with Crippen LogP contribution < -0.4 is 5.32 Å². The van der Waals surface area contributed by atoms with Crippen molar-refractivity contribution in [1.29, 1.82) is 0 Å². The summed E-state index contributed by atoms with van der Waals surface area (Å²) in [5.74, 6) is 0.888. The summed E-state index contributed by atoms with van der Waals surface area (Å²) < 4.78 is 0. The minimum atomic E-state index is -0.109. The molecular weight excluding hydrogens is 182 g/mol. The molecule has 6 heteroatoms. The van der Waals surface area contributed by atoms with E-state index < -0.39 is 0 Å². The van der Waals surface area contributed by atoms with Crippen molar-refractivity contribution >= 4 is 5.91 Å². The number of amides is 1. The summed E-state index contributed by atoms with van der Waals surface area (Å²) in [6.45, 7) is 1.98. The zero-order valence-electron chi connectivity index (χ0n) is 8.03. The van der Waals surface area contributed by atoms with Crippen molar-refractivity contribution in [2.75, 3.05) is 0 Å². The van der Waals surface area contributed by atoms with E-state index in [9.17, 15) is 4.79 Å². The number of carbonyl (C=O) groups is 1. The second-order valence-electron chi connectivity index (χ2n) is 3.51. The molecule has 1 fully saturated rings. The zero-order valence-corrected chi connectivity index (χ0v) is 8.03. The smallest absolute Gasteiger partial charge is 0.223 e. The van der Waals surface area contributed by atoms with Crippen molar-refractivity contribution in [2.24, 2.45) is 5.92 Å². The summed E-state index contributed by atoms with van der Waals surface area (Å²) >= 11 is 0. The lowest BCUT2D eigenvalue weighted by Crippen LogP contribution is -2.30. The molecular formula is C8H13N5O. The van der Waals surface area contributed by atoms with Gasteiger partial charge in [0.15, 0.2) is 5.82 Å². The molecule has 2 rings (SSSR count).